The summed E-state index contributed by atoms with van der Waals surface area (Å²) < 4.78 is 54.1. The number of nitrogen functional groups attached to an aromatic ring is 1. The number of hydrogen-bond donors (Lipinski definition) is 1. The number of aryl methyl sites for hydroxylation is 2. The maximum Gasteiger partial charge on any atom is 0.467 e. The van der Waals surface area contributed by atoms with Crippen LogP contribution in [0.1, 0.15) is 43.4 Å². The maximum absolute atomic E-state index is 12.7. The Morgan fingerprint density at radius 2 is 1.72 bits per heavy atom. The van der Waals surface area contributed by atoms with E-state index in [0.29, 0.717) is 0 Å². The fourth-order valence-corrected chi connectivity index (χ4v) is 2.47. The molecule has 9 heteroatoms. The molecular formula is C23H30F4N3OP. The second kappa shape index (κ2) is 12.5. The minimum atomic E-state index is -4.53. The number of ether oxygens (including phenoxy) is 1. The number of amidine groups is 1. The van der Waals surface area contributed by atoms with E-state index in [-0.39, 0.29) is 5.75 Å². The number of hydrogen-bond acceptors (Lipinski definition) is 3. The molecule has 0 aromatic heterocycles. The molecule has 0 spiro atoms. The topological polar surface area (TPSA) is 60.0 Å². The van der Waals surface area contributed by atoms with Gasteiger partial charge >= 0.3 is 11.8 Å². The molecule has 0 aliphatic carbocycles. The van der Waals surface area contributed by atoms with E-state index in [9.17, 15) is 17.6 Å². The van der Waals surface area contributed by atoms with Crippen molar-refractivity contribution in [2.45, 2.75) is 51.8 Å². The third-order valence-electron chi connectivity index (χ3n) is 4.28. The molecular weight excluding hydrogens is 441 g/mol. The lowest BCUT2D eigenvalue weighted by atomic mass is 10.1. The number of nitrogens with zero attached hydrogens (tertiary/aromatic N) is 2. The molecule has 0 fully saturated rings. The molecule has 0 amide bonds. The summed E-state index contributed by atoms with van der Waals surface area (Å²) in [5, 5.41) is 0. The number of benzene rings is 2. The average molecular weight is 471 g/mol. The van der Waals surface area contributed by atoms with Gasteiger partial charge in [-0.15, -0.1) is 0 Å². The first-order valence-corrected chi connectivity index (χ1v) is 10.7. The number of nitrogens with two attached hydrogens (primary N) is 1. The van der Waals surface area contributed by atoms with E-state index >= 15 is 0 Å². The molecule has 0 saturated carbocycles. The molecule has 2 aromatic rings. The van der Waals surface area contributed by atoms with Gasteiger partial charge in [-0.25, -0.2) is 4.99 Å². The molecule has 0 bridgehead atoms. The van der Waals surface area contributed by atoms with Gasteiger partial charge < -0.3 is 10.5 Å². The highest BCUT2D eigenvalue weighted by Crippen LogP contribution is 2.40. The van der Waals surface area contributed by atoms with E-state index in [2.05, 4.69) is 34.6 Å². The Morgan fingerprint density at radius 3 is 2.22 bits per heavy atom. The van der Waals surface area contributed by atoms with Gasteiger partial charge in [-0.3, -0.25) is 4.99 Å². The first-order valence-electron chi connectivity index (χ1n) is 10.1. The summed E-state index contributed by atoms with van der Waals surface area (Å²) in [5.74, 6) is 0.473. The zero-order valence-electron chi connectivity index (χ0n) is 18.7. The normalized spacial score (nSPS) is 12.5. The van der Waals surface area contributed by atoms with E-state index in [1.54, 1.807) is 14.0 Å². The molecule has 0 radical (unpaired) electrons. The molecule has 176 valence electrons. The van der Waals surface area contributed by atoms with Crippen LogP contribution in [0.25, 0.3) is 0 Å². The largest absolute Gasteiger partial charge is 0.467 e. The number of alkyl halides is 4. The minimum Gasteiger partial charge on any atom is -0.428 e. The highest BCUT2D eigenvalue weighted by Gasteiger charge is 2.55. The second-order valence-electron chi connectivity index (χ2n) is 6.97. The quantitative estimate of drug-likeness (QED) is 0.164. The van der Waals surface area contributed by atoms with Gasteiger partial charge in [0.15, 0.2) is 5.84 Å². The summed E-state index contributed by atoms with van der Waals surface area (Å²) in [4.78, 5) is 8.60. The molecule has 0 aliphatic rings. The van der Waals surface area contributed by atoms with Gasteiger partial charge in [0.25, 0.3) is 0 Å². The third kappa shape index (κ3) is 8.58. The van der Waals surface area contributed by atoms with Gasteiger partial charge in [0, 0.05) is 24.5 Å². The molecule has 0 saturated heterocycles. The Hall–Kier alpha value is -2.47. The molecule has 4 nitrogen and oxygen atoms in total. The van der Waals surface area contributed by atoms with Crippen molar-refractivity contribution in [1.29, 1.82) is 0 Å². The second-order valence-corrected chi connectivity index (χ2v) is 7.69. The van der Waals surface area contributed by atoms with Crippen molar-refractivity contribution in [3.8, 4) is 5.75 Å². The lowest BCUT2D eigenvalue weighted by Gasteiger charge is -2.23. The fourth-order valence-electron chi connectivity index (χ4n) is 2.41. The molecule has 2 aromatic carbocycles. The number of halogens is 4. The summed E-state index contributed by atoms with van der Waals surface area (Å²) in [5.41, 5.74) is 5.43. The van der Waals surface area contributed by atoms with Crippen molar-refractivity contribution in [2.24, 2.45) is 9.98 Å². The van der Waals surface area contributed by atoms with Crippen molar-refractivity contribution in [2.75, 3.05) is 12.8 Å². The SMILES string of the molecule is CCCC=NC(=NC)c1ccc(N)c(CC)c1.Cc1ccc(OC(F)(F)C(F)(F)P)cc1. The maximum atomic E-state index is 12.7. The zero-order valence-corrected chi connectivity index (χ0v) is 19.9. The van der Waals surface area contributed by atoms with Crippen LogP contribution < -0.4 is 10.5 Å². The van der Waals surface area contributed by atoms with Crippen LogP contribution in [0, 0.1) is 6.92 Å². The van der Waals surface area contributed by atoms with E-state index in [0.717, 1.165) is 56.7 Å². The molecule has 2 rings (SSSR count). The van der Waals surface area contributed by atoms with Crippen LogP contribution in [0.2, 0.25) is 0 Å². The molecule has 32 heavy (non-hydrogen) atoms. The molecule has 1 unspecified atom stereocenters. The summed E-state index contributed by atoms with van der Waals surface area (Å²) in [7, 11) is 2.52. The summed E-state index contributed by atoms with van der Waals surface area (Å²) in [6.45, 7) is 5.97. The fraction of sp³-hybridized carbons (Fsp3) is 0.391. The van der Waals surface area contributed by atoms with Gasteiger partial charge in [0.1, 0.15) is 5.75 Å². The number of anilines is 1. The molecule has 0 heterocycles. The van der Waals surface area contributed by atoms with Gasteiger partial charge in [-0.2, -0.15) is 17.6 Å². The van der Waals surface area contributed by atoms with E-state index in [1.807, 2.05) is 18.3 Å². The lowest BCUT2D eigenvalue weighted by molar-refractivity contribution is -0.270. The van der Waals surface area contributed by atoms with Gasteiger partial charge in [0.05, 0.1) is 0 Å². The van der Waals surface area contributed by atoms with Crippen LogP contribution in [0.3, 0.4) is 0 Å². The smallest absolute Gasteiger partial charge is 0.428 e. The van der Waals surface area contributed by atoms with E-state index in [1.165, 1.54) is 24.3 Å². The predicted molar refractivity (Wildman–Crippen MR) is 128 cm³/mol. The zero-order chi connectivity index (χ0) is 24.4. The first-order chi connectivity index (χ1) is 14.9. The van der Waals surface area contributed by atoms with Crippen LogP contribution in [0.4, 0.5) is 23.2 Å². The Balaban J connectivity index is 0.000000323. The third-order valence-corrected chi connectivity index (χ3v) is 4.62. The first kappa shape index (κ1) is 27.6. The lowest BCUT2D eigenvalue weighted by Crippen LogP contribution is -2.40. The van der Waals surface area contributed by atoms with Crippen molar-refractivity contribution in [3.63, 3.8) is 0 Å². The van der Waals surface area contributed by atoms with Gasteiger partial charge in [0.2, 0.25) is 0 Å². The molecule has 2 N–H and O–H groups in total. The van der Waals surface area contributed by atoms with Crippen molar-refractivity contribution < 1.29 is 22.3 Å². The molecule has 1 atom stereocenters. The highest BCUT2D eigenvalue weighted by atomic mass is 31.0. The predicted octanol–water partition coefficient (Wildman–Crippen LogP) is 6.51. The number of aliphatic imine (C=N–C) groups is 2. The van der Waals surface area contributed by atoms with Crippen LogP contribution >= 0.6 is 9.24 Å². The van der Waals surface area contributed by atoms with Gasteiger partial charge in [-0.05, 0) is 55.7 Å². The monoisotopic (exact) mass is 471 g/mol. The Morgan fingerprint density at radius 1 is 1.09 bits per heavy atom. The number of rotatable bonds is 7. The van der Waals surface area contributed by atoms with E-state index in [4.69, 9.17) is 5.73 Å². The molecule has 0 aliphatic heterocycles. The van der Waals surface area contributed by atoms with Crippen LogP contribution in [0.15, 0.2) is 52.4 Å². The average Bonchev–Trinajstić information content (AvgIpc) is 2.73. The van der Waals surface area contributed by atoms with Crippen LogP contribution in [-0.4, -0.2) is 30.9 Å². The Labute approximate surface area is 189 Å². The van der Waals surface area contributed by atoms with Crippen molar-refractivity contribution in [1.82, 2.24) is 0 Å². The van der Waals surface area contributed by atoms with Crippen molar-refractivity contribution >= 4 is 27.0 Å². The minimum absolute atomic E-state index is 0.298. The van der Waals surface area contributed by atoms with Gasteiger partial charge in [-0.1, -0.05) is 47.2 Å². The summed E-state index contributed by atoms with van der Waals surface area (Å²) in [6, 6.07) is 11.4. The Kier molecular flexibility index (Phi) is 10.8. The standard InChI is InChI=1S/C14H21N3.C9H9F4OP/c1-4-6-9-17-14(16-3)12-7-8-13(15)11(5-2)10-12;1-6-2-4-7(5-3-6)14-8(10,11)9(12,13)15/h7-10H,4-6,15H2,1-3H3;2-5H,15H2,1H3. The Bertz CT molecular complexity index is 910. The highest BCUT2D eigenvalue weighted by molar-refractivity contribution is 7.18. The summed E-state index contributed by atoms with van der Waals surface area (Å²) in [6.07, 6.45) is 0.393. The number of unbranched alkanes of at least 4 members (excludes halogenated alkanes) is 1. The van der Waals surface area contributed by atoms with Crippen molar-refractivity contribution in [3.05, 3.63) is 59.2 Å². The van der Waals surface area contributed by atoms with Crippen LogP contribution in [-0.2, 0) is 6.42 Å². The summed E-state index contributed by atoms with van der Waals surface area (Å²) >= 11 is 0. The van der Waals surface area contributed by atoms with Crippen LogP contribution in [0.5, 0.6) is 5.75 Å². The van der Waals surface area contributed by atoms with E-state index < -0.39 is 11.8 Å².